The summed E-state index contributed by atoms with van der Waals surface area (Å²) in [7, 11) is 1.98. The third-order valence-electron chi connectivity index (χ3n) is 4.29. The quantitative estimate of drug-likeness (QED) is 0.804. The molecule has 3 rings (SSSR count). The Hall–Kier alpha value is -1.40. The molecule has 0 aromatic carbocycles. The van der Waals surface area contributed by atoms with Crippen molar-refractivity contribution in [3.63, 3.8) is 0 Å². The number of aromatic nitrogens is 2. The second kappa shape index (κ2) is 5.93. The molecule has 1 aliphatic carbocycles. The number of piperazine rings is 1. The maximum atomic E-state index is 12.2. The van der Waals surface area contributed by atoms with Crippen molar-refractivity contribution >= 4 is 5.91 Å². The number of rotatable bonds is 3. The van der Waals surface area contributed by atoms with Crippen LogP contribution in [0.2, 0.25) is 0 Å². The number of fused-ring (bicyclic) bond motifs is 1. The van der Waals surface area contributed by atoms with Gasteiger partial charge in [-0.05, 0) is 19.3 Å². The Labute approximate surface area is 119 Å². The van der Waals surface area contributed by atoms with Crippen LogP contribution in [0.5, 0.6) is 0 Å². The predicted octanol–water partition coefficient (Wildman–Crippen LogP) is -0.181. The van der Waals surface area contributed by atoms with Crippen LogP contribution in [0.4, 0.5) is 0 Å². The van der Waals surface area contributed by atoms with Gasteiger partial charge in [0.25, 0.3) is 0 Å². The van der Waals surface area contributed by atoms with Gasteiger partial charge in [-0.25, -0.2) is 0 Å². The van der Waals surface area contributed by atoms with Crippen LogP contribution in [0.1, 0.15) is 30.1 Å². The van der Waals surface area contributed by atoms with Crippen LogP contribution in [0, 0.1) is 0 Å². The number of hydrogen-bond acceptors (Lipinski definition) is 4. The van der Waals surface area contributed by atoms with E-state index in [0.29, 0.717) is 6.54 Å². The van der Waals surface area contributed by atoms with Gasteiger partial charge in [0, 0.05) is 44.5 Å². The van der Waals surface area contributed by atoms with Gasteiger partial charge < -0.3 is 10.6 Å². The molecule has 0 saturated carbocycles. The molecule has 0 bridgehead atoms. The maximum Gasteiger partial charge on any atom is 0.234 e. The van der Waals surface area contributed by atoms with E-state index in [-0.39, 0.29) is 11.9 Å². The normalized spacial score (nSPS) is 23.4. The minimum atomic E-state index is 0.133. The number of hydrogen-bond donors (Lipinski definition) is 2. The minimum Gasteiger partial charge on any atom is -0.348 e. The van der Waals surface area contributed by atoms with Crippen molar-refractivity contribution in [1.29, 1.82) is 0 Å². The van der Waals surface area contributed by atoms with Crippen LogP contribution in [0.15, 0.2) is 6.20 Å². The molecular weight excluding hydrogens is 254 g/mol. The first-order chi connectivity index (χ1) is 9.74. The Bertz CT molecular complexity index is 478. The molecule has 6 heteroatoms. The standard InChI is InChI=1S/C14H23N5O/c1-18-13-4-2-3-12(11(13)9-16-18)17-14(20)10-19-7-5-15-6-8-19/h9,12,15H,2-8,10H2,1H3,(H,17,20). The predicted molar refractivity (Wildman–Crippen MR) is 76.3 cm³/mol. The Balaban J connectivity index is 1.59. The van der Waals surface area contributed by atoms with Crippen LogP contribution >= 0.6 is 0 Å². The molecule has 0 spiro atoms. The zero-order valence-electron chi connectivity index (χ0n) is 12.1. The van der Waals surface area contributed by atoms with E-state index >= 15 is 0 Å². The molecule has 6 nitrogen and oxygen atoms in total. The van der Waals surface area contributed by atoms with Crippen LogP contribution in [0.3, 0.4) is 0 Å². The molecule has 1 aliphatic heterocycles. The molecule has 1 unspecified atom stereocenters. The van der Waals surface area contributed by atoms with Gasteiger partial charge in [-0.1, -0.05) is 0 Å². The number of amides is 1. The summed E-state index contributed by atoms with van der Waals surface area (Å²) in [4.78, 5) is 14.4. The second-order valence-corrected chi connectivity index (χ2v) is 5.71. The number of aryl methyl sites for hydroxylation is 1. The average molecular weight is 277 g/mol. The summed E-state index contributed by atoms with van der Waals surface area (Å²) in [5.74, 6) is 0.133. The van der Waals surface area contributed by atoms with Crippen molar-refractivity contribution in [2.24, 2.45) is 7.05 Å². The lowest BCUT2D eigenvalue weighted by Gasteiger charge is -2.28. The molecule has 1 atom stereocenters. The largest absolute Gasteiger partial charge is 0.348 e. The molecule has 20 heavy (non-hydrogen) atoms. The van der Waals surface area contributed by atoms with Gasteiger partial charge in [-0.15, -0.1) is 0 Å². The molecule has 1 saturated heterocycles. The lowest BCUT2D eigenvalue weighted by Crippen LogP contribution is -2.48. The van der Waals surface area contributed by atoms with Crippen LogP contribution < -0.4 is 10.6 Å². The van der Waals surface area contributed by atoms with Gasteiger partial charge in [0.05, 0.1) is 18.8 Å². The summed E-state index contributed by atoms with van der Waals surface area (Å²) < 4.78 is 1.93. The number of nitrogens with zero attached hydrogens (tertiary/aromatic N) is 3. The summed E-state index contributed by atoms with van der Waals surface area (Å²) in [5.41, 5.74) is 2.47. The van der Waals surface area contributed by atoms with Crippen molar-refractivity contribution in [3.05, 3.63) is 17.5 Å². The fourth-order valence-electron chi connectivity index (χ4n) is 3.17. The van der Waals surface area contributed by atoms with Crippen molar-refractivity contribution in [2.45, 2.75) is 25.3 Å². The molecule has 1 amide bonds. The molecular formula is C14H23N5O. The van der Waals surface area contributed by atoms with Gasteiger partial charge in [-0.3, -0.25) is 14.4 Å². The van der Waals surface area contributed by atoms with Gasteiger partial charge in [0.2, 0.25) is 5.91 Å². The third-order valence-corrected chi connectivity index (χ3v) is 4.29. The zero-order valence-corrected chi connectivity index (χ0v) is 12.1. The van der Waals surface area contributed by atoms with E-state index in [4.69, 9.17) is 0 Å². The summed E-state index contributed by atoms with van der Waals surface area (Å²) in [6.45, 7) is 4.37. The molecule has 110 valence electrons. The molecule has 2 N–H and O–H groups in total. The molecule has 0 radical (unpaired) electrons. The van der Waals surface area contributed by atoms with Crippen molar-refractivity contribution in [1.82, 2.24) is 25.3 Å². The Morgan fingerprint density at radius 2 is 2.30 bits per heavy atom. The van der Waals surface area contributed by atoms with E-state index in [1.165, 1.54) is 11.3 Å². The second-order valence-electron chi connectivity index (χ2n) is 5.71. The molecule has 1 aromatic rings. The van der Waals surface area contributed by atoms with Gasteiger partial charge >= 0.3 is 0 Å². The van der Waals surface area contributed by atoms with E-state index in [1.54, 1.807) is 0 Å². The highest BCUT2D eigenvalue weighted by Crippen LogP contribution is 2.28. The Kier molecular flexibility index (Phi) is 4.03. The van der Waals surface area contributed by atoms with Crippen LogP contribution in [-0.4, -0.2) is 53.3 Å². The lowest BCUT2D eigenvalue weighted by molar-refractivity contribution is -0.123. The van der Waals surface area contributed by atoms with Gasteiger partial charge in [0.1, 0.15) is 0 Å². The molecule has 2 aliphatic rings. The SMILES string of the molecule is Cn1ncc2c1CCCC2NC(=O)CN1CCNCC1. The van der Waals surface area contributed by atoms with Gasteiger partial charge in [0.15, 0.2) is 0 Å². The van der Waals surface area contributed by atoms with Crippen LogP contribution in [0.25, 0.3) is 0 Å². The molecule has 1 fully saturated rings. The highest BCUT2D eigenvalue weighted by atomic mass is 16.2. The summed E-state index contributed by atoms with van der Waals surface area (Å²) in [5, 5.41) is 10.8. The molecule has 1 aromatic heterocycles. The van der Waals surface area contributed by atoms with E-state index < -0.39 is 0 Å². The average Bonchev–Trinajstić information content (AvgIpc) is 2.83. The lowest BCUT2D eigenvalue weighted by atomic mass is 9.93. The number of carbonyl (C=O) groups excluding carboxylic acids is 1. The van der Waals surface area contributed by atoms with E-state index in [0.717, 1.165) is 45.4 Å². The van der Waals surface area contributed by atoms with E-state index in [2.05, 4.69) is 20.6 Å². The van der Waals surface area contributed by atoms with E-state index in [1.807, 2.05) is 17.9 Å². The van der Waals surface area contributed by atoms with Gasteiger partial charge in [-0.2, -0.15) is 5.10 Å². The first-order valence-electron chi connectivity index (χ1n) is 7.47. The summed E-state index contributed by atoms with van der Waals surface area (Å²) in [6, 6.07) is 0.142. The van der Waals surface area contributed by atoms with Crippen molar-refractivity contribution < 1.29 is 4.79 Å². The maximum absolute atomic E-state index is 12.2. The first-order valence-corrected chi connectivity index (χ1v) is 7.47. The zero-order chi connectivity index (χ0) is 13.9. The highest BCUT2D eigenvalue weighted by Gasteiger charge is 2.25. The fourth-order valence-corrected chi connectivity index (χ4v) is 3.17. The Morgan fingerprint density at radius 3 is 3.10 bits per heavy atom. The van der Waals surface area contributed by atoms with E-state index in [9.17, 15) is 4.79 Å². The smallest absolute Gasteiger partial charge is 0.234 e. The number of nitrogens with one attached hydrogen (secondary N) is 2. The van der Waals surface area contributed by atoms with Crippen LogP contribution in [-0.2, 0) is 18.3 Å². The number of carbonyl (C=O) groups is 1. The highest BCUT2D eigenvalue weighted by molar-refractivity contribution is 5.78. The summed E-state index contributed by atoms with van der Waals surface area (Å²) in [6.07, 6.45) is 5.11. The topological polar surface area (TPSA) is 62.2 Å². The summed E-state index contributed by atoms with van der Waals surface area (Å²) >= 11 is 0. The molecule has 2 heterocycles. The first kappa shape index (κ1) is 13.6. The fraction of sp³-hybridized carbons (Fsp3) is 0.714. The third kappa shape index (κ3) is 2.86. The Morgan fingerprint density at radius 1 is 1.50 bits per heavy atom. The van der Waals surface area contributed by atoms with Crippen molar-refractivity contribution in [3.8, 4) is 0 Å². The minimum absolute atomic E-state index is 0.133. The van der Waals surface area contributed by atoms with Crippen molar-refractivity contribution in [2.75, 3.05) is 32.7 Å². The monoisotopic (exact) mass is 277 g/mol.